The predicted molar refractivity (Wildman–Crippen MR) is 96.6 cm³/mol. The van der Waals surface area contributed by atoms with Crippen LogP contribution in [0.5, 0.6) is 0 Å². The highest BCUT2D eigenvalue weighted by Crippen LogP contribution is 2.33. The molecule has 0 radical (unpaired) electrons. The van der Waals surface area contributed by atoms with Crippen molar-refractivity contribution in [1.82, 2.24) is 9.88 Å². The largest absolute Gasteiger partial charge is 0.370 e. The van der Waals surface area contributed by atoms with E-state index in [9.17, 15) is 19.3 Å². The van der Waals surface area contributed by atoms with Gasteiger partial charge in [-0.3, -0.25) is 19.9 Å². The first-order valence-corrected chi connectivity index (χ1v) is 8.70. The van der Waals surface area contributed by atoms with E-state index >= 15 is 0 Å². The molecule has 27 heavy (non-hydrogen) atoms. The second-order valence-electron chi connectivity index (χ2n) is 5.98. The minimum Gasteiger partial charge on any atom is -0.370 e. The van der Waals surface area contributed by atoms with Gasteiger partial charge < -0.3 is 9.64 Å². The number of hydrogen-bond acceptors (Lipinski definition) is 5. The monoisotopic (exact) mass is 413 g/mol. The molecular formula is C17H14Cl2FN3O4. The molecule has 2 heterocycles. The van der Waals surface area contributed by atoms with Crippen LogP contribution in [0.2, 0.25) is 10.0 Å². The zero-order chi connectivity index (χ0) is 19.7. The highest BCUT2D eigenvalue weighted by atomic mass is 35.5. The van der Waals surface area contributed by atoms with Crippen molar-refractivity contribution in [2.24, 2.45) is 0 Å². The standard InChI is InChI=1S/C17H14Cl2FN3O4/c1-9-11(4-10(7-21-9)23(25)26)17(24)22-2-3-27-16(8-22)12-5-15(20)14(19)6-13(12)18/h4-7,16H,2-3,8H2,1H3/t16-/m1/s1. The maximum absolute atomic E-state index is 13.8. The van der Waals surface area contributed by atoms with Crippen LogP contribution in [0, 0.1) is 22.9 Å². The van der Waals surface area contributed by atoms with Crippen LogP contribution in [0.3, 0.4) is 0 Å². The SMILES string of the molecule is Cc1ncc([N+](=O)[O-])cc1C(=O)N1CCO[C@@H](c2cc(F)c(Cl)cc2Cl)C1. The fraction of sp³-hybridized carbons (Fsp3) is 0.294. The number of morpholine rings is 1. The van der Waals surface area contributed by atoms with Gasteiger partial charge in [-0.25, -0.2) is 4.39 Å². The second-order valence-corrected chi connectivity index (χ2v) is 6.80. The Kier molecular flexibility index (Phi) is 5.59. The van der Waals surface area contributed by atoms with E-state index < -0.39 is 22.8 Å². The lowest BCUT2D eigenvalue weighted by atomic mass is 10.1. The third-order valence-corrected chi connectivity index (χ3v) is 4.87. The molecule has 0 aliphatic carbocycles. The fourth-order valence-corrected chi connectivity index (χ4v) is 3.32. The van der Waals surface area contributed by atoms with E-state index in [0.29, 0.717) is 11.3 Å². The average molecular weight is 414 g/mol. The summed E-state index contributed by atoms with van der Waals surface area (Å²) in [6, 6.07) is 3.67. The molecule has 2 aromatic rings. The molecule has 1 saturated heterocycles. The Balaban J connectivity index is 1.87. The van der Waals surface area contributed by atoms with E-state index in [1.54, 1.807) is 6.92 Å². The first-order chi connectivity index (χ1) is 12.8. The smallest absolute Gasteiger partial charge is 0.288 e. The Bertz CT molecular complexity index is 925. The number of hydrogen-bond donors (Lipinski definition) is 0. The molecule has 1 fully saturated rings. The first kappa shape index (κ1) is 19.5. The molecule has 1 aliphatic rings. The van der Waals surface area contributed by atoms with E-state index in [0.717, 1.165) is 6.20 Å². The fourth-order valence-electron chi connectivity index (χ4n) is 2.82. The normalized spacial score (nSPS) is 17.0. The number of aryl methyl sites for hydroxylation is 1. The molecule has 0 saturated carbocycles. The van der Waals surface area contributed by atoms with Crippen molar-refractivity contribution >= 4 is 34.8 Å². The third-order valence-electron chi connectivity index (χ3n) is 4.25. The van der Waals surface area contributed by atoms with E-state index in [-0.39, 0.29) is 41.0 Å². The molecule has 142 valence electrons. The summed E-state index contributed by atoms with van der Waals surface area (Å²) in [4.78, 5) is 28.6. The third kappa shape index (κ3) is 4.02. The summed E-state index contributed by atoms with van der Waals surface area (Å²) in [5, 5.41) is 11.1. The maximum Gasteiger partial charge on any atom is 0.288 e. The molecule has 3 rings (SSSR count). The van der Waals surface area contributed by atoms with Gasteiger partial charge in [0.25, 0.3) is 11.6 Å². The Morgan fingerprint density at radius 1 is 1.37 bits per heavy atom. The molecule has 0 unspecified atom stereocenters. The van der Waals surface area contributed by atoms with Crippen LogP contribution >= 0.6 is 23.2 Å². The number of pyridine rings is 1. The van der Waals surface area contributed by atoms with Gasteiger partial charge in [0.2, 0.25) is 0 Å². The molecule has 1 aliphatic heterocycles. The van der Waals surface area contributed by atoms with Crippen molar-refractivity contribution in [2.45, 2.75) is 13.0 Å². The van der Waals surface area contributed by atoms with E-state index in [1.807, 2.05) is 0 Å². The molecule has 1 atom stereocenters. The lowest BCUT2D eigenvalue weighted by Crippen LogP contribution is -2.42. The number of rotatable bonds is 3. The molecule has 1 aromatic heterocycles. The van der Waals surface area contributed by atoms with Gasteiger partial charge in [-0.2, -0.15) is 0 Å². The van der Waals surface area contributed by atoms with Crippen LogP contribution < -0.4 is 0 Å². The number of carbonyl (C=O) groups excluding carboxylic acids is 1. The highest BCUT2D eigenvalue weighted by Gasteiger charge is 2.29. The number of halogens is 3. The van der Waals surface area contributed by atoms with Crippen molar-refractivity contribution in [1.29, 1.82) is 0 Å². The zero-order valence-corrected chi connectivity index (χ0v) is 15.6. The van der Waals surface area contributed by atoms with Crippen molar-refractivity contribution in [3.63, 3.8) is 0 Å². The van der Waals surface area contributed by atoms with E-state index in [2.05, 4.69) is 4.98 Å². The molecule has 1 aromatic carbocycles. The molecule has 0 N–H and O–H groups in total. The van der Waals surface area contributed by atoms with Crippen molar-refractivity contribution in [3.8, 4) is 0 Å². The van der Waals surface area contributed by atoms with Gasteiger partial charge in [0.1, 0.15) is 18.1 Å². The summed E-state index contributed by atoms with van der Waals surface area (Å²) in [7, 11) is 0. The van der Waals surface area contributed by atoms with Gasteiger partial charge in [0.15, 0.2) is 0 Å². The zero-order valence-electron chi connectivity index (χ0n) is 14.1. The summed E-state index contributed by atoms with van der Waals surface area (Å²) in [5.74, 6) is -1.05. The van der Waals surface area contributed by atoms with Gasteiger partial charge >= 0.3 is 0 Å². The second kappa shape index (κ2) is 7.75. The van der Waals surface area contributed by atoms with Crippen molar-refractivity contribution < 1.29 is 18.8 Å². The summed E-state index contributed by atoms with van der Waals surface area (Å²) in [5.41, 5.74) is 0.629. The van der Waals surface area contributed by atoms with E-state index in [4.69, 9.17) is 27.9 Å². The first-order valence-electron chi connectivity index (χ1n) is 7.94. The number of ether oxygens (including phenoxy) is 1. The number of nitro groups is 1. The summed E-state index contributed by atoms with van der Waals surface area (Å²) < 4.78 is 19.4. The van der Waals surface area contributed by atoms with Gasteiger partial charge in [-0.1, -0.05) is 23.2 Å². The number of carbonyl (C=O) groups is 1. The van der Waals surface area contributed by atoms with E-state index in [1.165, 1.54) is 23.1 Å². The molecular weight excluding hydrogens is 400 g/mol. The summed E-state index contributed by atoms with van der Waals surface area (Å²) in [6.45, 7) is 2.20. The predicted octanol–water partition coefficient (Wildman–Crippen LogP) is 3.96. The van der Waals surface area contributed by atoms with Gasteiger partial charge in [-0.05, 0) is 19.1 Å². The number of aromatic nitrogens is 1. The van der Waals surface area contributed by atoms with Crippen LogP contribution in [0.25, 0.3) is 0 Å². The van der Waals surface area contributed by atoms with Gasteiger partial charge in [-0.15, -0.1) is 0 Å². The summed E-state index contributed by atoms with van der Waals surface area (Å²) >= 11 is 11.9. The van der Waals surface area contributed by atoms with Crippen LogP contribution in [-0.4, -0.2) is 40.4 Å². The van der Waals surface area contributed by atoms with Gasteiger partial charge in [0.05, 0.1) is 34.4 Å². The Hall–Kier alpha value is -2.29. The van der Waals surface area contributed by atoms with Crippen molar-refractivity contribution in [3.05, 3.63) is 67.2 Å². The maximum atomic E-state index is 13.8. The minimum absolute atomic E-state index is 0.106. The lowest BCUT2D eigenvalue weighted by Gasteiger charge is -2.33. The van der Waals surface area contributed by atoms with Crippen LogP contribution in [0.1, 0.15) is 27.7 Å². The summed E-state index contributed by atoms with van der Waals surface area (Å²) in [6.07, 6.45) is 0.457. The topological polar surface area (TPSA) is 85.6 Å². The minimum atomic E-state index is -0.645. The highest BCUT2D eigenvalue weighted by molar-refractivity contribution is 6.35. The number of benzene rings is 1. The van der Waals surface area contributed by atoms with Crippen LogP contribution in [-0.2, 0) is 4.74 Å². The van der Waals surface area contributed by atoms with Crippen molar-refractivity contribution in [2.75, 3.05) is 19.7 Å². The Labute approximate surface area is 163 Å². The number of nitrogens with zero attached hydrogens (tertiary/aromatic N) is 3. The van der Waals surface area contributed by atoms with Gasteiger partial charge in [0, 0.05) is 23.2 Å². The number of amides is 1. The molecule has 0 spiro atoms. The van der Waals surface area contributed by atoms with Crippen LogP contribution in [0.4, 0.5) is 10.1 Å². The lowest BCUT2D eigenvalue weighted by molar-refractivity contribution is -0.385. The molecule has 1 amide bonds. The quantitative estimate of drug-likeness (QED) is 0.431. The molecule has 0 bridgehead atoms. The Morgan fingerprint density at radius 2 is 2.11 bits per heavy atom. The average Bonchev–Trinajstić information content (AvgIpc) is 2.64. The van der Waals surface area contributed by atoms with Crippen LogP contribution in [0.15, 0.2) is 24.4 Å². The Morgan fingerprint density at radius 3 is 2.81 bits per heavy atom. The molecule has 10 heteroatoms. The molecule has 7 nitrogen and oxygen atoms in total.